The third-order valence-electron chi connectivity index (χ3n) is 0.830. The zero-order chi connectivity index (χ0) is 8.53. The van der Waals surface area contributed by atoms with Crippen molar-refractivity contribution < 1.29 is 15.9 Å². The Morgan fingerprint density at radius 1 is 1.45 bits per heavy atom. The summed E-state index contributed by atoms with van der Waals surface area (Å²) in [5.41, 5.74) is 0.590. The fourth-order valence-electron chi connectivity index (χ4n) is 0.463. The van der Waals surface area contributed by atoms with Crippen molar-refractivity contribution in [1.82, 2.24) is 0 Å². The molecule has 0 aliphatic carbocycles. The molecule has 4 heteroatoms. The first-order chi connectivity index (χ1) is 5.35. The van der Waals surface area contributed by atoms with Crippen LogP contribution in [0.5, 0.6) is 0 Å². The van der Waals surface area contributed by atoms with Crippen LogP contribution in [-0.2, 0) is 15.9 Å². The average Bonchev–Trinajstić information content (AvgIpc) is 2.08. The summed E-state index contributed by atoms with van der Waals surface area (Å²) in [6, 6.07) is 11.8. The summed E-state index contributed by atoms with van der Waals surface area (Å²) in [4.78, 5) is 0. The van der Waals surface area contributed by atoms with Gasteiger partial charge in [0.05, 0.1) is 0 Å². The number of hydrogen-bond acceptors (Lipinski definition) is 1. The number of nitriles is 1. The van der Waals surface area contributed by atoms with E-state index in [2.05, 4.69) is 6.07 Å². The van der Waals surface area contributed by atoms with Gasteiger partial charge in [0.25, 0.3) is 0 Å². The Kier molecular flexibility index (Phi) is 8.02. The van der Waals surface area contributed by atoms with Crippen LogP contribution < -0.4 is 0 Å². The van der Waals surface area contributed by atoms with E-state index in [1.807, 2.05) is 18.2 Å². The average molecular weight is 279 g/mol. The van der Waals surface area contributed by atoms with Gasteiger partial charge in [0, 0.05) is 0 Å². The maximum absolute atomic E-state index is 8.26. The van der Waals surface area contributed by atoms with Gasteiger partial charge in [-0.1, -0.05) is 5.56 Å². The van der Waals surface area contributed by atoms with Gasteiger partial charge < -0.3 is 0 Å². The van der Waals surface area contributed by atoms with Crippen molar-refractivity contribution in [1.29, 1.82) is 5.26 Å². The quantitative estimate of drug-likeness (QED) is 0.529. The molecular formula is C7H4Cl2NPd-. The van der Waals surface area contributed by atoms with Gasteiger partial charge in [0.1, 0.15) is 0 Å². The minimum absolute atomic E-state index is 0.106. The Morgan fingerprint density at radius 2 is 2.09 bits per heavy atom. The molecule has 0 unspecified atom stereocenters. The van der Waals surface area contributed by atoms with Gasteiger partial charge in [-0.3, -0.25) is 5.26 Å². The first-order valence-electron chi connectivity index (χ1n) is 2.54. The summed E-state index contributed by atoms with van der Waals surface area (Å²) in [7, 11) is 9.63. The molecule has 0 N–H and O–H groups in total. The predicted octanol–water partition coefficient (Wildman–Crippen LogP) is 2.73. The summed E-state index contributed by atoms with van der Waals surface area (Å²) in [5.74, 6) is 0. The van der Waals surface area contributed by atoms with E-state index in [-0.39, 0.29) is 15.9 Å². The number of hydrogen-bond donors (Lipinski definition) is 0. The van der Waals surface area contributed by atoms with Crippen molar-refractivity contribution in [2.45, 2.75) is 0 Å². The molecule has 0 amide bonds. The van der Waals surface area contributed by atoms with E-state index in [9.17, 15) is 0 Å². The SMILES string of the molecule is N#Cc1[c-]cccc1.[Cl][Pd][Cl]. The van der Waals surface area contributed by atoms with Gasteiger partial charge in [0.15, 0.2) is 0 Å². The summed E-state index contributed by atoms with van der Waals surface area (Å²) >= 11 is -0.106. The molecule has 0 heterocycles. The van der Waals surface area contributed by atoms with Gasteiger partial charge >= 0.3 is 35.0 Å². The van der Waals surface area contributed by atoms with E-state index in [0.29, 0.717) is 5.56 Å². The zero-order valence-corrected chi connectivity index (χ0v) is 8.40. The molecule has 0 aliphatic heterocycles. The molecule has 1 aromatic rings. The molecule has 0 saturated carbocycles. The van der Waals surface area contributed by atoms with E-state index >= 15 is 0 Å². The molecule has 0 bridgehead atoms. The first-order valence-corrected chi connectivity index (χ1v) is 6.54. The normalized spacial score (nSPS) is 7.73. The molecule has 62 valence electrons. The predicted molar refractivity (Wildman–Crippen MR) is 41.7 cm³/mol. The van der Waals surface area contributed by atoms with Crippen LogP contribution in [0.1, 0.15) is 5.56 Å². The second-order valence-electron chi connectivity index (χ2n) is 1.43. The molecule has 0 aromatic heterocycles. The van der Waals surface area contributed by atoms with Crippen LogP contribution >= 0.6 is 19.1 Å². The van der Waals surface area contributed by atoms with Crippen molar-refractivity contribution in [2.75, 3.05) is 0 Å². The Bertz CT molecular complexity index is 220. The van der Waals surface area contributed by atoms with Crippen molar-refractivity contribution in [3.63, 3.8) is 0 Å². The van der Waals surface area contributed by atoms with E-state index < -0.39 is 0 Å². The molecule has 0 saturated heterocycles. The second-order valence-corrected chi connectivity index (χ2v) is 3.79. The van der Waals surface area contributed by atoms with Crippen molar-refractivity contribution in [3.05, 3.63) is 35.9 Å². The van der Waals surface area contributed by atoms with Crippen LogP contribution in [-0.4, -0.2) is 0 Å². The topological polar surface area (TPSA) is 23.8 Å². The zero-order valence-electron chi connectivity index (χ0n) is 5.33. The number of nitrogens with zero attached hydrogens (tertiary/aromatic N) is 1. The van der Waals surface area contributed by atoms with Crippen LogP contribution in [0.4, 0.5) is 0 Å². The van der Waals surface area contributed by atoms with Crippen LogP contribution in [0.3, 0.4) is 0 Å². The van der Waals surface area contributed by atoms with Crippen molar-refractivity contribution in [3.8, 4) is 6.07 Å². The summed E-state index contributed by atoms with van der Waals surface area (Å²) < 4.78 is 0. The molecular weight excluding hydrogens is 275 g/mol. The fourth-order valence-corrected chi connectivity index (χ4v) is 0.463. The number of benzene rings is 1. The van der Waals surface area contributed by atoms with E-state index in [0.717, 1.165) is 0 Å². The molecule has 1 rings (SSSR count). The molecule has 0 spiro atoms. The molecule has 0 fully saturated rings. The Morgan fingerprint density at radius 3 is 2.36 bits per heavy atom. The molecule has 11 heavy (non-hydrogen) atoms. The molecule has 0 aliphatic rings. The Balaban J connectivity index is 0.000000292. The van der Waals surface area contributed by atoms with Crippen LogP contribution in [0.25, 0.3) is 0 Å². The van der Waals surface area contributed by atoms with E-state index in [1.54, 1.807) is 12.1 Å². The summed E-state index contributed by atoms with van der Waals surface area (Å²) in [6.45, 7) is 0. The van der Waals surface area contributed by atoms with Gasteiger partial charge in [0.2, 0.25) is 0 Å². The fraction of sp³-hybridized carbons (Fsp3) is 0. The van der Waals surface area contributed by atoms with Gasteiger partial charge in [-0.05, 0) is 6.07 Å². The van der Waals surface area contributed by atoms with Gasteiger partial charge in [-0.25, -0.2) is 0 Å². The summed E-state index contributed by atoms with van der Waals surface area (Å²) in [6.07, 6.45) is 0. The summed E-state index contributed by atoms with van der Waals surface area (Å²) in [5, 5.41) is 8.26. The van der Waals surface area contributed by atoms with Crippen molar-refractivity contribution in [2.24, 2.45) is 0 Å². The maximum atomic E-state index is 8.26. The van der Waals surface area contributed by atoms with Gasteiger partial charge in [-0.15, -0.1) is 30.3 Å². The first kappa shape index (κ1) is 11.0. The van der Waals surface area contributed by atoms with Crippen LogP contribution in [0.15, 0.2) is 24.3 Å². The second kappa shape index (κ2) is 8.05. The van der Waals surface area contributed by atoms with E-state index in [4.69, 9.17) is 24.3 Å². The van der Waals surface area contributed by atoms with E-state index in [1.165, 1.54) is 0 Å². The monoisotopic (exact) mass is 278 g/mol. The minimum atomic E-state index is -0.106. The molecule has 0 radical (unpaired) electrons. The van der Waals surface area contributed by atoms with Crippen LogP contribution in [0.2, 0.25) is 0 Å². The third kappa shape index (κ3) is 6.35. The number of rotatable bonds is 0. The third-order valence-corrected chi connectivity index (χ3v) is 0.830. The molecule has 0 atom stereocenters. The Labute approximate surface area is 82.0 Å². The van der Waals surface area contributed by atoms with Gasteiger partial charge in [-0.2, -0.15) is 0 Å². The standard InChI is InChI=1S/C7H4N.2ClH.Pd/c8-6-7-4-2-1-3-5-7;;;/h1-4H;2*1H;/q-1;;;+2/p-2. The van der Waals surface area contributed by atoms with Crippen molar-refractivity contribution >= 4 is 19.1 Å². The Hall–Kier alpha value is -0.0477. The molecule has 1 nitrogen and oxygen atoms in total. The van der Waals surface area contributed by atoms with Crippen LogP contribution in [0, 0.1) is 17.4 Å². The number of halogens is 2. The molecule has 1 aromatic carbocycles.